The summed E-state index contributed by atoms with van der Waals surface area (Å²) in [4.78, 5) is 20.1. The molecule has 0 spiro atoms. The lowest BCUT2D eigenvalue weighted by atomic mass is 9.88. The summed E-state index contributed by atoms with van der Waals surface area (Å²) < 4.78 is 0. The third-order valence-corrected chi connectivity index (χ3v) is 5.53. The lowest BCUT2D eigenvalue weighted by Crippen LogP contribution is -2.55. The molecule has 1 aromatic heterocycles. The van der Waals surface area contributed by atoms with Gasteiger partial charge in [-0.1, -0.05) is 26.0 Å². The average Bonchev–Trinajstić information content (AvgIpc) is 2.96. The molecule has 0 aliphatic carbocycles. The number of nitrogens with two attached hydrogens (primary N) is 1. The first kappa shape index (κ1) is 20.8. The maximum Gasteiger partial charge on any atom is 0.230 e. The van der Waals surface area contributed by atoms with E-state index in [9.17, 15) is 4.79 Å². The Balaban J connectivity index is 0.00000288. The van der Waals surface area contributed by atoms with E-state index < -0.39 is 0 Å². The predicted octanol–water partition coefficient (Wildman–Crippen LogP) is 3.27. The van der Waals surface area contributed by atoms with E-state index in [1.54, 1.807) is 11.8 Å². The Hall–Kier alpha value is -1.24. The Bertz CT molecular complexity index is 642. The van der Waals surface area contributed by atoms with E-state index in [-0.39, 0.29) is 35.0 Å². The Labute approximate surface area is 154 Å². The third kappa shape index (κ3) is 4.88. The van der Waals surface area contributed by atoms with E-state index in [0.29, 0.717) is 12.3 Å². The van der Waals surface area contributed by atoms with Crippen molar-refractivity contribution in [3.8, 4) is 0 Å². The van der Waals surface area contributed by atoms with Gasteiger partial charge in [0, 0.05) is 6.54 Å². The molecule has 134 valence electrons. The van der Waals surface area contributed by atoms with Crippen LogP contribution in [-0.4, -0.2) is 33.7 Å². The zero-order chi connectivity index (χ0) is 17.0. The molecule has 0 radical (unpaired) electrons. The van der Waals surface area contributed by atoms with Crippen molar-refractivity contribution in [2.75, 3.05) is 12.3 Å². The minimum atomic E-state index is -0.361. The smallest absolute Gasteiger partial charge is 0.230 e. The van der Waals surface area contributed by atoms with Gasteiger partial charge in [0.25, 0.3) is 0 Å². The van der Waals surface area contributed by atoms with Crippen molar-refractivity contribution in [3.05, 3.63) is 30.1 Å². The maximum absolute atomic E-state index is 12.2. The standard InChI is InChI=1S/C17H26N4OS.ClH/c1-11(2)17(4,10-18)21-15(22)9-23-12(3)16-19-13-7-5-6-8-14(13)20-16;/h5-8,11-12H,9-10,18H2,1-4H3,(H,19,20)(H,21,22);1H. The highest BCUT2D eigenvalue weighted by atomic mass is 35.5. The first-order valence-electron chi connectivity index (χ1n) is 7.93. The highest BCUT2D eigenvalue weighted by Gasteiger charge is 2.28. The summed E-state index contributed by atoms with van der Waals surface area (Å²) in [7, 11) is 0. The molecular formula is C17H27ClN4OS. The molecule has 2 rings (SSSR count). The first-order chi connectivity index (χ1) is 10.9. The number of amides is 1. The maximum atomic E-state index is 12.2. The molecule has 0 fully saturated rings. The molecule has 0 bridgehead atoms. The van der Waals surface area contributed by atoms with Crippen LogP contribution in [0.25, 0.3) is 11.0 Å². The van der Waals surface area contributed by atoms with Crippen molar-refractivity contribution < 1.29 is 4.79 Å². The number of para-hydroxylation sites is 2. The van der Waals surface area contributed by atoms with Crippen LogP contribution in [0.3, 0.4) is 0 Å². The van der Waals surface area contributed by atoms with Gasteiger partial charge in [-0.05, 0) is 31.9 Å². The second-order valence-corrected chi connectivity index (χ2v) is 7.75. The van der Waals surface area contributed by atoms with Crippen molar-refractivity contribution >= 4 is 41.1 Å². The van der Waals surface area contributed by atoms with Crippen molar-refractivity contribution in [2.45, 2.75) is 38.5 Å². The van der Waals surface area contributed by atoms with Gasteiger partial charge in [-0.2, -0.15) is 0 Å². The molecule has 0 aliphatic heterocycles. The van der Waals surface area contributed by atoms with E-state index in [1.165, 1.54) is 0 Å². The third-order valence-electron chi connectivity index (χ3n) is 4.38. The molecule has 2 atom stereocenters. The molecule has 1 aromatic carbocycles. The zero-order valence-corrected chi connectivity index (χ0v) is 16.3. The number of carbonyl (C=O) groups is 1. The van der Waals surface area contributed by atoms with Crippen LogP contribution in [-0.2, 0) is 4.79 Å². The van der Waals surface area contributed by atoms with Crippen molar-refractivity contribution in [2.24, 2.45) is 11.7 Å². The monoisotopic (exact) mass is 370 g/mol. The van der Waals surface area contributed by atoms with Crippen LogP contribution in [0.15, 0.2) is 24.3 Å². The van der Waals surface area contributed by atoms with Crippen molar-refractivity contribution in [1.82, 2.24) is 15.3 Å². The van der Waals surface area contributed by atoms with Crippen molar-refractivity contribution in [3.63, 3.8) is 0 Å². The second-order valence-electron chi connectivity index (χ2n) is 6.42. The SMILES string of the molecule is CC(SCC(=O)NC(C)(CN)C(C)C)c1nc2ccccc2[nH]1.Cl. The number of fused-ring (bicyclic) bond motifs is 1. The lowest BCUT2D eigenvalue weighted by molar-refractivity contribution is -0.120. The molecule has 0 saturated carbocycles. The number of hydrogen-bond donors (Lipinski definition) is 3. The van der Waals surface area contributed by atoms with Crippen LogP contribution in [0.1, 0.15) is 38.8 Å². The number of nitrogens with one attached hydrogen (secondary N) is 2. The van der Waals surface area contributed by atoms with Crippen LogP contribution >= 0.6 is 24.2 Å². The largest absolute Gasteiger partial charge is 0.349 e. The summed E-state index contributed by atoms with van der Waals surface area (Å²) in [6.45, 7) is 8.61. The number of H-pyrrole nitrogens is 1. The van der Waals surface area contributed by atoms with E-state index in [4.69, 9.17) is 5.73 Å². The second kappa shape index (κ2) is 8.74. The molecule has 4 N–H and O–H groups in total. The van der Waals surface area contributed by atoms with Gasteiger partial charge in [-0.3, -0.25) is 4.79 Å². The summed E-state index contributed by atoms with van der Waals surface area (Å²) in [6.07, 6.45) is 0. The summed E-state index contributed by atoms with van der Waals surface area (Å²) in [6, 6.07) is 7.94. The highest BCUT2D eigenvalue weighted by Crippen LogP contribution is 2.27. The van der Waals surface area contributed by atoms with E-state index >= 15 is 0 Å². The quantitative estimate of drug-likeness (QED) is 0.698. The van der Waals surface area contributed by atoms with E-state index in [1.807, 2.05) is 31.2 Å². The molecule has 24 heavy (non-hydrogen) atoms. The van der Waals surface area contributed by atoms with Crippen LogP contribution in [0.2, 0.25) is 0 Å². The number of thioether (sulfide) groups is 1. The summed E-state index contributed by atoms with van der Waals surface area (Å²) in [5, 5.41) is 3.18. The molecular weight excluding hydrogens is 344 g/mol. The number of hydrogen-bond acceptors (Lipinski definition) is 4. The zero-order valence-electron chi connectivity index (χ0n) is 14.6. The number of halogens is 1. The molecule has 5 nitrogen and oxygen atoms in total. The fraction of sp³-hybridized carbons (Fsp3) is 0.529. The topological polar surface area (TPSA) is 83.8 Å². The van der Waals surface area contributed by atoms with Gasteiger partial charge in [0.05, 0.1) is 27.6 Å². The van der Waals surface area contributed by atoms with Crippen LogP contribution in [0, 0.1) is 5.92 Å². The van der Waals surface area contributed by atoms with Gasteiger partial charge in [0.15, 0.2) is 0 Å². The number of nitrogens with zero attached hydrogens (tertiary/aromatic N) is 1. The highest BCUT2D eigenvalue weighted by molar-refractivity contribution is 8.00. The molecule has 1 heterocycles. The number of aromatic amines is 1. The van der Waals surface area contributed by atoms with Crippen LogP contribution in [0.4, 0.5) is 0 Å². The Morgan fingerprint density at radius 3 is 2.62 bits per heavy atom. The van der Waals surface area contributed by atoms with Gasteiger partial charge in [-0.15, -0.1) is 24.2 Å². The molecule has 2 aromatic rings. The lowest BCUT2D eigenvalue weighted by Gasteiger charge is -2.33. The van der Waals surface area contributed by atoms with Gasteiger partial charge in [0.2, 0.25) is 5.91 Å². The van der Waals surface area contributed by atoms with Gasteiger partial charge < -0.3 is 16.0 Å². The summed E-state index contributed by atoms with van der Waals surface area (Å²) in [5.74, 6) is 1.59. The molecule has 2 unspecified atom stereocenters. The number of carbonyl (C=O) groups excluding carboxylic acids is 1. The molecule has 0 aliphatic rings. The average molecular weight is 371 g/mol. The normalized spacial score (nSPS) is 14.9. The number of benzene rings is 1. The minimum Gasteiger partial charge on any atom is -0.349 e. The van der Waals surface area contributed by atoms with Gasteiger partial charge >= 0.3 is 0 Å². The summed E-state index contributed by atoms with van der Waals surface area (Å²) >= 11 is 1.57. The Morgan fingerprint density at radius 1 is 1.38 bits per heavy atom. The summed E-state index contributed by atoms with van der Waals surface area (Å²) in [5.41, 5.74) is 7.43. The fourth-order valence-electron chi connectivity index (χ4n) is 2.23. The number of aromatic nitrogens is 2. The predicted molar refractivity (Wildman–Crippen MR) is 105 cm³/mol. The van der Waals surface area contributed by atoms with E-state index in [2.05, 4.69) is 36.1 Å². The minimum absolute atomic E-state index is 0. The van der Waals surface area contributed by atoms with Crippen LogP contribution < -0.4 is 11.1 Å². The molecule has 0 saturated heterocycles. The van der Waals surface area contributed by atoms with Gasteiger partial charge in [0.1, 0.15) is 5.82 Å². The first-order valence-corrected chi connectivity index (χ1v) is 8.98. The number of imidazole rings is 1. The Kier molecular flexibility index (Phi) is 7.57. The number of rotatable bonds is 7. The fourth-order valence-corrected chi connectivity index (χ4v) is 2.97. The molecule has 1 amide bonds. The van der Waals surface area contributed by atoms with E-state index in [0.717, 1.165) is 16.9 Å². The Morgan fingerprint density at radius 2 is 2.04 bits per heavy atom. The van der Waals surface area contributed by atoms with Gasteiger partial charge in [-0.25, -0.2) is 4.98 Å². The van der Waals surface area contributed by atoms with Crippen LogP contribution in [0.5, 0.6) is 0 Å². The van der Waals surface area contributed by atoms with Crippen molar-refractivity contribution in [1.29, 1.82) is 0 Å². The molecule has 7 heteroatoms.